The summed E-state index contributed by atoms with van der Waals surface area (Å²) in [5.41, 5.74) is 2.39. The van der Waals surface area contributed by atoms with E-state index in [1.807, 2.05) is 29.0 Å². The van der Waals surface area contributed by atoms with Crippen LogP contribution in [-0.4, -0.2) is 25.7 Å². The number of aromatic nitrogens is 4. The zero-order valence-electron chi connectivity index (χ0n) is 13.9. The van der Waals surface area contributed by atoms with Crippen LogP contribution in [0.3, 0.4) is 0 Å². The highest BCUT2D eigenvalue weighted by atomic mass is 35.5. The maximum atomic E-state index is 12.0. The van der Waals surface area contributed by atoms with E-state index in [2.05, 4.69) is 20.5 Å². The van der Waals surface area contributed by atoms with E-state index < -0.39 is 0 Å². The summed E-state index contributed by atoms with van der Waals surface area (Å²) < 4.78 is 2.81. The molecule has 1 saturated carbocycles. The molecule has 1 amide bonds. The molecule has 1 fully saturated rings. The number of fused-ring (bicyclic) bond motifs is 1. The van der Waals surface area contributed by atoms with Gasteiger partial charge in [-0.25, -0.2) is 4.98 Å². The minimum atomic E-state index is 0.0375. The van der Waals surface area contributed by atoms with Crippen molar-refractivity contribution in [3.63, 3.8) is 0 Å². The highest BCUT2D eigenvalue weighted by molar-refractivity contribution is 7.22. The Bertz CT molecular complexity index is 1170. The number of hydrogen-bond acceptors (Lipinski definition) is 4. The monoisotopic (exact) mass is 417 g/mol. The van der Waals surface area contributed by atoms with Gasteiger partial charge in [0.25, 0.3) is 0 Å². The van der Waals surface area contributed by atoms with Crippen molar-refractivity contribution in [2.24, 2.45) is 5.92 Å². The van der Waals surface area contributed by atoms with Crippen LogP contribution in [0.4, 0.5) is 5.13 Å². The minimum Gasteiger partial charge on any atom is -0.302 e. The topological polar surface area (TPSA) is 75.6 Å². The molecule has 0 spiro atoms. The third kappa shape index (κ3) is 3.01. The molecule has 0 radical (unpaired) electrons. The van der Waals surface area contributed by atoms with E-state index >= 15 is 0 Å². The Morgan fingerprint density at radius 2 is 2.15 bits per heavy atom. The normalized spacial score (nSPS) is 14.0. The summed E-state index contributed by atoms with van der Waals surface area (Å²) >= 11 is 13.8. The summed E-state index contributed by atoms with van der Waals surface area (Å²) in [4.78, 5) is 16.4. The number of amides is 1. The van der Waals surface area contributed by atoms with Gasteiger partial charge in [0.1, 0.15) is 4.70 Å². The van der Waals surface area contributed by atoms with Gasteiger partial charge < -0.3 is 5.32 Å². The van der Waals surface area contributed by atoms with Crippen molar-refractivity contribution >= 4 is 55.9 Å². The standard InChI is InChI=1S/C18H13Cl2N5OS/c19-10-5-6-11(12(20)8-10)13-2-1-7-25(13)16-14-15(23-24-16)21-18(27-14)22-17(26)9-3-4-9/h1-2,5-9H,3-4H2,(H2,21,22,23,24,26). The number of H-pyrrole nitrogens is 1. The van der Waals surface area contributed by atoms with Crippen LogP contribution in [0.15, 0.2) is 36.5 Å². The second-order valence-corrected chi connectivity index (χ2v) is 8.24. The number of nitrogens with one attached hydrogen (secondary N) is 2. The van der Waals surface area contributed by atoms with E-state index in [9.17, 15) is 4.79 Å². The molecule has 2 N–H and O–H groups in total. The first kappa shape index (κ1) is 16.8. The highest BCUT2D eigenvalue weighted by Gasteiger charge is 2.30. The molecule has 9 heteroatoms. The maximum absolute atomic E-state index is 12.0. The molecule has 1 aliphatic carbocycles. The molecule has 0 bridgehead atoms. The van der Waals surface area contributed by atoms with Gasteiger partial charge in [0.2, 0.25) is 5.91 Å². The van der Waals surface area contributed by atoms with Crippen LogP contribution in [0.2, 0.25) is 10.0 Å². The Hall–Kier alpha value is -2.35. The molecular weight excluding hydrogens is 405 g/mol. The largest absolute Gasteiger partial charge is 0.302 e. The lowest BCUT2D eigenvalue weighted by Gasteiger charge is -2.08. The molecule has 0 atom stereocenters. The molecule has 3 heterocycles. The van der Waals surface area contributed by atoms with E-state index in [1.165, 1.54) is 11.3 Å². The predicted octanol–water partition coefficient (Wildman–Crippen LogP) is 5.13. The Kier molecular flexibility index (Phi) is 3.96. The number of nitrogens with zero attached hydrogens (tertiary/aromatic N) is 3. The van der Waals surface area contributed by atoms with Gasteiger partial charge in [-0.15, -0.1) is 0 Å². The number of carbonyl (C=O) groups excluding carboxylic acids is 1. The SMILES string of the molecule is O=C(Nc1nc2[nH]nc(-n3cccc3-c3ccc(Cl)cc3Cl)c2s1)C1CC1. The molecule has 3 aromatic heterocycles. The van der Waals surface area contributed by atoms with Crippen molar-refractivity contribution in [2.75, 3.05) is 5.32 Å². The number of rotatable bonds is 4. The van der Waals surface area contributed by atoms with E-state index in [0.717, 1.165) is 28.8 Å². The summed E-state index contributed by atoms with van der Waals surface area (Å²) in [6.07, 6.45) is 3.82. The summed E-state index contributed by atoms with van der Waals surface area (Å²) in [6.45, 7) is 0. The van der Waals surface area contributed by atoms with Gasteiger partial charge in [-0.2, -0.15) is 5.10 Å². The summed E-state index contributed by atoms with van der Waals surface area (Å²) in [7, 11) is 0. The van der Waals surface area contributed by atoms with Gasteiger partial charge in [-0.1, -0.05) is 34.5 Å². The van der Waals surface area contributed by atoms with Crippen LogP contribution in [-0.2, 0) is 4.79 Å². The van der Waals surface area contributed by atoms with Gasteiger partial charge in [0.05, 0.1) is 10.7 Å². The molecule has 0 unspecified atom stereocenters. The van der Waals surface area contributed by atoms with Crippen molar-refractivity contribution in [3.05, 3.63) is 46.6 Å². The van der Waals surface area contributed by atoms with Crippen LogP contribution in [0.25, 0.3) is 27.4 Å². The van der Waals surface area contributed by atoms with Crippen molar-refractivity contribution in [1.29, 1.82) is 0 Å². The Morgan fingerprint density at radius 3 is 2.93 bits per heavy atom. The number of hydrogen-bond donors (Lipinski definition) is 2. The van der Waals surface area contributed by atoms with Crippen LogP contribution in [0.5, 0.6) is 0 Å². The van der Waals surface area contributed by atoms with Crippen LogP contribution >= 0.6 is 34.5 Å². The van der Waals surface area contributed by atoms with Gasteiger partial charge in [-0.05, 0) is 43.2 Å². The lowest BCUT2D eigenvalue weighted by molar-refractivity contribution is -0.117. The number of aromatic amines is 1. The lowest BCUT2D eigenvalue weighted by Crippen LogP contribution is -2.12. The van der Waals surface area contributed by atoms with Crippen LogP contribution < -0.4 is 5.32 Å². The van der Waals surface area contributed by atoms with Crippen LogP contribution in [0, 0.1) is 5.92 Å². The Balaban J connectivity index is 1.55. The number of anilines is 1. The number of thiazole rings is 1. The van der Waals surface area contributed by atoms with E-state index in [-0.39, 0.29) is 11.8 Å². The summed E-state index contributed by atoms with van der Waals surface area (Å²) in [5.74, 6) is 0.879. The maximum Gasteiger partial charge on any atom is 0.229 e. The predicted molar refractivity (Wildman–Crippen MR) is 108 cm³/mol. The molecule has 1 aliphatic rings. The highest BCUT2D eigenvalue weighted by Crippen LogP contribution is 2.36. The molecule has 0 saturated heterocycles. The molecule has 4 aromatic rings. The smallest absolute Gasteiger partial charge is 0.229 e. The fourth-order valence-corrected chi connectivity index (χ4v) is 4.37. The lowest BCUT2D eigenvalue weighted by atomic mass is 10.1. The number of carbonyl (C=O) groups is 1. The Morgan fingerprint density at radius 1 is 1.30 bits per heavy atom. The third-order valence-electron chi connectivity index (χ3n) is 4.46. The van der Waals surface area contributed by atoms with Crippen molar-refractivity contribution in [1.82, 2.24) is 19.7 Å². The fraction of sp³-hybridized carbons (Fsp3) is 0.167. The van der Waals surface area contributed by atoms with Gasteiger partial charge in [-0.3, -0.25) is 14.5 Å². The summed E-state index contributed by atoms with van der Waals surface area (Å²) in [6, 6.07) is 9.30. The number of halogens is 2. The van der Waals surface area contributed by atoms with E-state index in [1.54, 1.807) is 12.1 Å². The van der Waals surface area contributed by atoms with Crippen molar-refractivity contribution in [3.8, 4) is 17.1 Å². The average molecular weight is 418 g/mol. The molecule has 6 nitrogen and oxygen atoms in total. The number of benzene rings is 1. The molecule has 136 valence electrons. The first-order chi connectivity index (χ1) is 13.1. The second kappa shape index (κ2) is 6.37. The average Bonchev–Trinajstić information content (AvgIpc) is 3.07. The second-order valence-electron chi connectivity index (χ2n) is 6.40. The molecular formula is C18H13Cl2N5OS. The molecule has 0 aliphatic heterocycles. The molecule has 27 heavy (non-hydrogen) atoms. The fourth-order valence-electron chi connectivity index (χ4n) is 2.96. The van der Waals surface area contributed by atoms with Crippen molar-refractivity contribution in [2.45, 2.75) is 12.8 Å². The zero-order valence-corrected chi connectivity index (χ0v) is 16.2. The van der Waals surface area contributed by atoms with E-state index in [0.29, 0.717) is 26.6 Å². The first-order valence-corrected chi connectivity index (χ1v) is 9.96. The van der Waals surface area contributed by atoms with E-state index in [4.69, 9.17) is 23.2 Å². The third-order valence-corrected chi connectivity index (χ3v) is 5.97. The first-order valence-electron chi connectivity index (χ1n) is 8.39. The molecule has 5 rings (SSSR count). The minimum absolute atomic E-state index is 0.0375. The summed E-state index contributed by atoms with van der Waals surface area (Å²) in [5, 5.41) is 12.0. The van der Waals surface area contributed by atoms with Crippen LogP contribution in [0.1, 0.15) is 12.8 Å². The molecule has 1 aromatic carbocycles. The van der Waals surface area contributed by atoms with Gasteiger partial charge >= 0.3 is 0 Å². The Labute approximate surface area is 168 Å². The van der Waals surface area contributed by atoms with Crippen molar-refractivity contribution < 1.29 is 4.79 Å². The van der Waals surface area contributed by atoms with Gasteiger partial charge in [0, 0.05) is 22.7 Å². The van der Waals surface area contributed by atoms with Gasteiger partial charge in [0.15, 0.2) is 16.6 Å². The zero-order chi connectivity index (χ0) is 18.5. The quantitative estimate of drug-likeness (QED) is 0.482.